The van der Waals surface area contributed by atoms with E-state index in [1.807, 2.05) is 42.5 Å². The Bertz CT molecular complexity index is 1270. The zero-order valence-electron chi connectivity index (χ0n) is 21.9. The molecule has 3 aromatic rings. The molecule has 0 radical (unpaired) electrons. The van der Waals surface area contributed by atoms with Crippen LogP contribution in [0.5, 0.6) is 0 Å². The second-order valence-electron chi connectivity index (χ2n) is 8.39. The summed E-state index contributed by atoms with van der Waals surface area (Å²) in [5, 5.41) is 5.18. The van der Waals surface area contributed by atoms with Gasteiger partial charge >= 0.3 is 5.97 Å². The molecule has 0 saturated carbocycles. The molecular weight excluding hydrogens is 564 g/mol. The average Bonchev–Trinajstić information content (AvgIpc) is 3.40. The molecule has 3 amide bonds. The van der Waals surface area contributed by atoms with Gasteiger partial charge in [0.1, 0.15) is 5.69 Å². The van der Waals surface area contributed by atoms with Crippen molar-refractivity contribution in [2.45, 2.75) is 32.7 Å². The third-order valence-electron chi connectivity index (χ3n) is 5.24. The Balaban J connectivity index is 0.000000658. The van der Waals surface area contributed by atoms with Gasteiger partial charge in [-0.2, -0.15) is 0 Å². The van der Waals surface area contributed by atoms with Crippen LogP contribution in [0.15, 0.2) is 83.4 Å². The molecule has 1 atom stereocenters. The van der Waals surface area contributed by atoms with E-state index in [2.05, 4.69) is 50.6 Å². The molecule has 0 spiro atoms. The van der Waals surface area contributed by atoms with Crippen molar-refractivity contribution in [2.24, 2.45) is 5.73 Å². The van der Waals surface area contributed by atoms with Crippen LogP contribution in [0.1, 0.15) is 35.8 Å². The summed E-state index contributed by atoms with van der Waals surface area (Å²) in [6.45, 7) is 3.68. The van der Waals surface area contributed by atoms with Gasteiger partial charge in [0.05, 0.1) is 13.2 Å². The van der Waals surface area contributed by atoms with Crippen molar-refractivity contribution < 1.29 is 23.9 Å². The zero-order valence-corrected chi connectivity index (χ0v) is 23.5. The van der Waals surface area contributed by atoms with Crippen molar-refractivity contribution in [3.8, 4) is 11.3 Å². The molecule has 0 aliphatic rings. The molecule has 206 valence electrons. The van der Waals surface area contributed by atoms with Gasteiger partial charge in [0.2, 0.25) is 11.8 Å². The predicted octanol–water partition coefficient (Wildman–Crippen LogP) is 4.04. The van der Waals surface area contributed by atoms with Gasteiger partial charge < -0.3 is 26.1 Å². The van der Waals surface area contributed by atoms with Crippen LogP contribution in [0.4, 0.5) is 0 Å². The number of aryl methyl sites for hydroxylation is 1. The van der Waals surface area contributed by atoms with Crippen LogP contribution in [-0.4, -0.2) is 47.9 Å². The van der Waals surface area contributed by atoms with Crippen LogP contribution < -0.4 is 16.4 Å². The lowest BCUT2D eigenvalue weighted by Crippen LogP contribution is -2.41. The summed E-state index contributed by atoms with van der Waals surface area (Å²) in [5.41, 5.74) is 8.43. The number of esters is 1. The zero-order chi connectivity index (χ0) is 28.6. The Morgan fingerprint density at radius 1 is 1.03 bits per heavy atom. The molecule has 5 N–H and O–H groups in total. The fourth-order valence-electron chi connectivity index (χ4n) is 3.31. The Hall–Kier alpha value is -4.18. The summed E-state index contributed by atoms with van der Waals surface area (Å²) < 4.78 is 5.68. The fourth-order valence-corrected chi connectivity index (χ4v) is 3.81. The largest absolute Gasteiger partial charge is 0.463 e. The number of ether oxygens (including phenoxy) is 1. The summed E-state index contributed by atoms with van der Waals surface area (Å²) in [7, 11) is 0. The number of carbonyl (C=O) groups is 4. The summed E-state index contributed by atoms with van der Waals surface area (Å²) in [5.74, 6) is -2.03. The first-order chi connectivity index (χ1) is 18.7. The van der Waals surface area contributed by atoms with Gasteiger partial charge in [-0.25, -0.2) is 4.79 Å². The first kappa shape index (κ1) is 31.0. The SMILES string of the molecule is CCOC(=O)/C=C/C(CCC(N)=O)NC(=O)CNC(=O)c1ccc(-c2ccccc2Br)[nH]1.Cc1ccccc1. The minimum atomic E-state index is -0.621. The number of amides is 3. The number of nitrogens with two attached hydrogens (primary N) is 1. The number of H-pyrrole nitrogens is 1. The molecule has 0 fully saturated rings. The summed E-state index contributed by atoms with van der Waals surface area (Å²) in [6.07, 6.45) is 2.83. The number of benzene rings is 2. The highest BCUT2D eigenvalue weighted by Gasteiger charge is 2.15. The lowest BCUT2D eigenvalue weighted by Gasteiger charge is -2.14. The topological polar surface area (TPSA) is 143 Å². The van der Waals surface area contributed by atoms with Crippen molar-refractivity contribution in [3.05, 3.63) is 94.6 Å². The van der Waals surface area contributed by atoms with E-state index in [0.29, 0.717) is 5.69 Å². The molecule has 0 bridgehead atoms. The van der Waals surface area contributed by atoms with E-state index in [1.165, 1.54) is 17.7 Å². The molecule has 3 rings (SSSR count). The highest BCUT2D eigenvalue weighted by molar-refractivity contribution is 9.10. The van der Waals surface area contributed by atoms with Gasteiger partial charge in [-0.1, -0.05) is 76.1 Å². The molecule has 1 aromatic heterocycles. The maximum atomic E-state index is 12.4. The van der Waals surface area contributed by atoms with E-state index in [9.17, 15) is 19.2 Å². The Morgan fingerprint density at radius 2 is 1.72 bits per heavy atom. The molecule has 1 heterocycles. The molecule has 1 unspecified atom stereocenters. The number of nitrogens with one attached hydrogen (secondary N) is 3. The van der Waals surface area contributed by atoms with Gasteiger partial charge in [-0.3, -0.25) is 14.4 Å². The third-order valence-corrected chi connectivity index (χ3v) is 5.94. The van der Waals surface area contributed by atoms with Crippen LogP contribution in [0.3, 0.4) is 0 Å². The fraction of sp³-hybridized carbons (Fsp3) is 0.241. The number of carbonyl (C=O) groups excluding carboxylic acids is 4. The van der Waals surface area contributed by atoms with E-state index in [0.717, 1.165) is 15.7 Å². The average molecular weight is 598 g/mol. The number of hydrogen-bond donors (Lipinski definition) is 4. The lowest BCUT2D eigenvalue weighted by molar-refractivity contribution is -0.137. The summed E-state index contributed by atoms with van der Waals surface area (Å²) >= 11 is 3.47. The molecule has 39 heavy (non-hydrogen) atoms. The molecule has 10 heteroatoms. The first-order valence-electron chi connectivity index (χ1n) is 12.4. The number of aromatic nitrogens is 1. The molecule has 9 nitrogen and oxygen atoms in total. The first-order valence-corrected chi connectivity index (χ1v) is 13.1. The van der Waals surface area contributed by atoms with Gasteiger partial charge in [-0.05, 0) is 38.5 Å². The maximum absolute atomic E-state index is 12.4. The summed E-state index contributed by atoms with van der Waals surface area (Å²) in [6, 6.07) is 20.6. The lowest BCUT2D eigenvalue weighted by atomic mass is 10.1. The van der Waals surface area contributed by atoms with E-state index < -0.39 is 29.7 Å². The standard InChI is InChI=1S/C22H25BrN4O5.C7H8/c1-2-32-21(30)12-8-14(7-11-19(24)28)26-20(29)13-25-22(31)18-10-9-17(27-18)15-5-3-4-6-16(15)23;1-7-5-3-2-4-6-7/h3-6,8-10,12,14,27H,2,7,11,13H2,1H3,(H2,24,28)(H,25,31)(H,26,29);2-6H,1H3/b12-8+;. The van der Waals surface area contributed by atoms with Crippen molar-refractivity contribution in [3.63, 3.8) is 0 Å². The van der Waals surface area contributed by atoms with Crippen LogP contribution >= 0.6 is 15.9 Å². The highest BCUT2D eigenvalue weighted by atomic mass is 79.9. The minimum absolute atomic E-state index is 0.0186. The van der Waals surface area contributed by atoms with Crippen molar-refractivity contribution in [1.29, 1.82) is 0 Å². The van der Waals surface area contributed by atoms with Gasteiger partial charge in [0.25, 0.3) is 5.91 Å². The normalized spacial score (nSPS) is 11.2. The maximum Gasteiger partial charge on any atom is 0.330 e. The monoisotopic (exact) mass is 596 g/mol. The van der Waals surface area contributed by atoms with E-state index in [1.54, 1.807) is 19.1 Å². The molecule has 0 saturated heterocycles. The van der Waals surface area contributed by atoms with Crippen molar-refractivity contribution in [2.75, 3.05) is 13.2 Å². The van der Waals surface area contributed by atoms with Crippen LogP contribution in [0.2, 0.25) is 0 Å². The molecule has 2 aromatic carbocycles. The minimum Gasteiger partial charge on any atom is -0.463 e. The second-order valence-corrected chi connectivity index (χ2v) is 9.25. The predicted molar refractivity (Wildman–Crippen MR) is 154 cm³/mol. The molecule has 0 aliphatic carbocycles. The van der Waals surface area contributed by atoms with Crippen molar-refractivity contribution in [1.82, 2.24) is 15.6 Å². The number of halogens is 1. The van der Waals surface area contributed by atoms with Crippen LogP contribution in [0.25, 0.3) is 11.3 Å². The quantitative estimate of drug-likeness (QED) is 0.195. The van der Waals surface area contributed by atoms with E-state index in [-0.39, 0.29) is 26.0 Å². The molecule has 0 aliphatic heterocycles. The number of rotatable bonds is 11. The number of aromatic amines is 1. The van der Waals surface area contributed by atoms with Gasteiger partial charge in [-0.15, -0.1) is 0 Å². The molecular formula is C29H33BrN4O5. The third kappa shape index (κ3) is 11.8. The van der Waals surface area contributed by atoms with Crippen LogP contribution in [0, 0.1) is 6.92 Å². The van der Waals surface area contributed by atoms with Crippen LogP contribution in [-0.2, 0) is 19.1 Å². The van der Waals surface area contributed by atoms with Gasteiger partial charge in [0.15, 0.2) is 0 Å². The highest BCUT2D eigenvalue weighted by Crippen LogP contribution is 2.27. The summed E-state index contributed by atoms with van der Waals surface area (Å²) in [4.78, 5) is 50.2. The second kappa shape index (κ2) is 16.6. The number of primary amides is 1. The Labute approximate surface area is 236 Å². The Morgan fingerprint density at radius 3 is 2.33 bits per heavy atom. The number of hydrogen-bond acceptors (Lipinski definition) is 5. The Kier molecular flexibility index (Phi) is 13.2. The van der Waals surface area contributed by atoms with E-state index in [4.69, 9.17) is 10.5 Å². The van der Waals surface area contributed by atoms with E-state index >= 15 is 0 Å². The van der Waals surface area contributed by atoms with Crippen molar-refractivity contribution >= 4 is 39.6 Å². The van der Waals surface area contributed by atoms with Gasteiger partial charge in [0, 0.05) is 34.3 Å². The smallest absolute Gasteiger partial charge is 0.330 e.